The van der Waals surface area contributed by atoms with E-state index in [0.717, 1.165) is 11.2 Å². The third-order valence-corrected chi connectivity index (χ3v) is 6.01. The maximum atomic E-state index is 6.20. The first-order valence-electron chi connectivity index (χ1n) is 6.74. The predicted octanol–water partition coefficient (Wildman–Crippen LogP) is 4.29. The van der Waals surface area contributed by atoms with Crippen molar-refractivity contribution in [2.75, 3.05) is 0 Å². The molecule has 3 aliphatic rings. The number of aryl methyl sites for hydroxylation is 1. The molecule has 1 nitrogen and oxygen atoms in total. The number of hydrogen-bond donors (Lipinski definition) is 0. The number of furan rings is 1. The van der Waals surface area contributed by atoms with Gasteiger partial charge in [-0.05, 0) is 32.1 Å². The van der Waals surface area contributed by atoms with E-state index in [4.69, 9.17) is 4.42 Å². The Balaban J connectivity index is 1.78. The van der Waals surface area contributed by atoms with Gasteiger partial charge in [-0.15, -0.1) is 11.8 Å². The quantitative estimate of drug-likeness (QED) is 0.664. The minimum atomic E-state index is 0.763. The molecule has 2 atom stereocenters. The normalized spacial score (nSPS) is 32.0. The summed E-state index contributed by atoms with van der Waals surface area (Å²) in [6.07, 6.45) is 10.8. The van der Waals surface area contributed by atoms with Gasteiger partial charge in [-0.1, -0.05) is 12.8 Å². The molecule has 0 saturated heterocycles. The molecule has 0 amide bonds. The van der Waals surface area contributed by atoms with Crippen molar-refractivity contribution in [2.45, 2.75) is 67.4 Å². The Labute approximate surface area is 101 Å². The summed E-state index contributed by atoms with van der Waals surface area (Å²) in [5, 5.41) is 0.856. The SMILES string of the molecule is C1CCc2c(oc3c2SC2CCCCC32)C1. The van der Waals surface area contributed by atoms with E-state index in [1.165, 1.54) is 62.9 Å². The lowest BCUT2D eigenvalue weighted by atomic mass is 9.87. The molecule has 0 spiro atoms. The smallest absolute Gasteiger partial charge is 0.122 e. The first-order valence-corrected chi connectivity index (χ1v) is 7.62. The van der Waals surface area contributed by atoms with Gasteiger partial charge in [-0.3, -0.25) is 0 Å². The summed E-state index contributed by atoms with van der Waals surface area (Å²) >= 11 is 2.15. The van der Waals surface area contributed by atoms with E-state index in [9.17, 15) is 0 Å². The number of fused-ring (bicyclic) bond motifs is 5. The summed E-state index contributed by atoms with van der Waals surface area (Å²) in [6.45, 7) is 0. The van der Waals surface area contributed by atoms with E-state index < -0.39 is 0 Å². The van der Waals surface area contributed by atoms with Crippen molar-refractivity contribution in [3.63, 3.8) is 0 Å². The molecule has 86 valence electrons. The highest BCUT2D eigenvalue weighted by Gasteiger charge is 2.40. The van der Waals surface area contributed by atoms with Crippen LogP contribution in [0, 0.1) is 0 Å². The average Bonchev–Trinajstić information content (AvgIpc) is 2.85. The second-order valence-corrected chi connectivity index (χ2v) is 6.70. The monoisotopic (exact) mass is 234 g/mol. The van der Waals surface area contributed by atoms with Crippen molar-refractivity contribution in [1.29, 1.82) is 0 Å². The Hall–Kier alpha value is -0.370. The molecular weight excluding hydrogens is 216 g/mol. The minimum absolute atomic E-state index is 0.763. The zero-order valence-corrected chi connectivity index (χ0v) is 10.4. The fourth-order valence-electron chi connectivity index (χ4n) is 3.62. The van der Waals surface area contributed by atoms with Gasteiger partial charge >= 0.3 is 0 Å². The van der Waals surface area contributed by atoms with Gasteiger partial charge in [0.15, 0.2) is 0 Å². The van der Waals surface area contributed by atoms with Gasteiger partial charge in [0.2, 0.25) is 0 Å². The molecule has 1 aromatic rings. The summed E-state index contributed by atoms with van der Waals surface area (Å²) in [5.41, 5.74) is 1.60. The predicted molar refractivity (Wildman–Crippen MR) is 66.2 cm³/mol. The Morgan fingerprint density at radius 2 is 1.88 bits per heavy atom. The van der Waals surface area contributed by atoms with Crippen molar-refractivity contribution in [3.8, 4) is 0 Å². The van der Waals surface area contributed by atoms with Crippen molar-refractivity contribution in [3.05, 3.63) is 17.1 Å². The van der Waals surface area contributed by atoms with Crippen LogP contribution in [0.2, 0.25) is 0 Å². The summed E-state index contributed by atoms with van der Waals surface area (Å²) in [5.74, 6) is 3.49. The fourth-order valence-corrected chi connectivity index (χ4v) is 5.30. The molecule has 2 heterocycles. The van der Waals surface area contributed by atoms with E-state index in [0.29, 0.717) is 0 Å². The molecule has 0 bridgehead atoms. The molecule has 1 saturated carbocycles. The van der Waals surface area contributed by atoms with Gasteiger partial charge in [0, 0.05) is 23.2 Å². The number of thioether (sulfide) groups is 1. The topological polar surface area (TPSA) is 13.1 Å². The van der Waals surface area contributed by atoms with Crippen LogP contribution in [0.5, 0.6) is 0 Å². The summed E-state index contributed by atoms with van der Waals surface area (Å²) in [4.78, 5) is 1.58. The van der Waals surface area contributed by atoms with Crippen LogP contribution in [0.4, 0.5) is 0 Å². The van der Waals surface area contributed by atoms with Crippen molar-refractivity contribution in [2.24, 2.45) is 0 Å². The Morgan fingerprint density at radius 3 is 2.88 bits per heavy atom. The third kappa shape index (κ3) is 1.25. The molecule has 4 rings (SSSR count). The fraction of sp³-hybridized carbons (Fsp3) is 0.714. The summed E-state index contributed by atoms with van der Waals surface area (Å²) < 4.78 is 6.20. The zero-order valence-electron chi connectivity index (χ0n) is 9.63. The van der Waals surface area contributed by atoms with Gasteiger partial charge in [0.25, 0.3) is 0 Å². The molecular formula is C14H18OS. The van der Waals surface area contributed by atoms with Gasteiger partial charge < -0.3 is 4.42 Å². The molecule has 0 N–H and O–H groups in total. The van der Waals surface area contributed by atoms with E-state index >= 15 is 0 Å². The van der Waals surface area contributed by atoms with Crippen LogP contribution >= 0.6 is 11.8 Å². The lowest BCUT2D eigenvalue weighted by Gasteiger charge is -2.24. The maximum absolute atomic E-state index is 6.20. The largest absolute Gasteiger partial charge is 0.464 e. The van der Waals surface area contributed by atoms with Crippen LogP contribution in [0.15, 0.2) is 9.31 Å². The van der Waals surface area contributed by atoms with Crippen LogP contribution in [-0.4, -0.2) is 5.25 Å². The molecule has 0 radical (unpaired) electrons. The van der Waals surface area contributed by atoms with E-state index in [1.54, 1.807) is 10.5 Å². The van der Waals surface area contributed by atoms with E-state index in [2.05, 4.69) is 11.8 Å². The second kappa shape index (κ2) is 3.56. The Kier molecular flexibility index (Phi) is 2.14. The van der Waals surface area contributed by atoms with Crippen LogP contribution in [-0.2, 0) is 12.8 Å². The van der Waals surface area contributed by atoms with Crippen molar-refractivity contribution < 1.29 is 4.42 Å². The van der Waals surface area contributed by atoms with Crippen LogP contribution in [0.1, 0.15) is 61.5 Å². The highest BCUT2D eigenvalue weighted by molar-refractivity contribution is 8.00. The van der Waals surface area contributed by atoms with E-state index in [-0.39, 0.29) is 0 Å². The molecule has 2 heteroatoms. The standard InChI is InChI=1S/C14H18OS/c1-3-7-11-9(5-1)14-13(15-11)10-6-2-4-8-12(10)16-14/h10,12H,1-8H2. The van der Waals surface area contributed by atoms with Crippen LogP contribution < -0.4 is 0 Å². The maximum Gasteiger partial charge on any atom is 0.122 e. The number of hydrogen-bond acceptors (Lipinski definition) is 2. The zero-order chi connectivity index (χ0) is 10.5. The minimum Gasteiger partial charge on any atom is -0.464 e. The molecule has 2 aliphatic carbocycles. The number of rotatable bonds is 0. The van der Waals surface area contributed by atoms with Gasteiger partial charge in [0.1, 0.15) is 11.5 Å². The highest BCUT2D eigenvalue weighted by atomic mass is 32.2. The lowest BCUT2D eigenvalue weighted by molar-refractivity contribution is 0.367. The third-order valence-electron chi connectivity index (χ3n) is 4.46. The molecule has 1 aromatic heterocycles. The average molecular weight is 234 g/mol. The molecule has 0 aromatic carbocycles. The molecule has 2 unspecified atom stereocenters. The van der Waals surface area contributed by atoms with Crippen LogP contribution in [0.25, 0.3) is 0 Å². The van der Waals surface area contributed by atoms with Gasteiger partial charge in [-0.25, -0.2) is 0 Å². The molecule has 1 fully saturated rings. The highest BCUT2D eigenvalue weighted by Crippen LogP contribution is 2.55. The van der Waals surface area contributed by atoms with Gasteiger partial charge in [-0.2, -0.15) is 0 Å². The Morgan fingerprint density at radius 1 is 1.00 bits per heavy atom. The summed E-state index contributed by atoms with van der Waals surface area (Å²) in [6, 6.07) is 0. The lowest BCUT2D eigenvalue weighted by Crippen LogP contribution is -2.15. The van der Waals surface area contributed by atoms with Crippen LogP contribution in [0.3, 0.4) is 0 Å². The molecule has 16 heavy (non-hydrogen) atoms. The van der Waals surface area contributed by atoms with Gasteiger partial charge in [0.05, 0.1) is 4.90 Å². The van der Waals surface area contributed by atoms with Crippen molar-refractivity contribution in [1.82, 2.24) is 0 Å². The first-order chi connectivity index (χ1) is 7.93. The van der Waals surface area contributed by atoms with E-state index in [1.807, 2.05) is 0 Å². The van der Waals surface area contributed by atoms with Crippen molar-refractivity contribution >= 4 is 11.8 Å². The summed E-state index contributed by atoms with van der Waals surface area (Å²) in [7, 11) is 0. The molecule has 1 aliphatic heterocycles. The first kappa shape index (κ1) is 9.64. The second-order valence-electron chi connectivity index (χ2n) is 5.45. The Bertz CT molecular complexity index is 421.